The summed E-state index contributed by atoms with van der Waals surface area (Å²) in [6.45, 7) is 0. The van der Waals surface area contributed by atoms with Crippen LogP contribution in [0.1, 0.15) is 10.5 Å². The van der Waals surface area contributed by atoms with E-state index in [1.165, 1.54) is 6.20 Å². The Bertz CT molecular complexity index is 476. The molecule has 1 amide bonds. The summed E-state index contributed by atoms with van der Waals surface area (Å²) in [5.41, 5.74) is 5.66. The molecule has 66 valence electrons. The smallest absolute Gasteiger partial charge is 0.271 e. The number of pyridine rings is 1. The Morgan fingerprint density at radius 2 is 2.38 bits per heavy atom. The minimum absolute atomic E-state index is 0.0295. The summed E-state index contributed by atoms with van der Waals surface area (Å²) < 4.78 is 0. The number of hydrogen-bond donors (Lipinski definition) is 2. The largest absolute Gasteiger partial charge is 0.411 e. The number of primary amides is 1. The van der Waals surface area contributed by atoms with Crippen molar-refractivity contribution in [3.8, 4) is 0 Å². The van der Waals surface area contributed by atoms with Crippen LogP contribution in [0.2, 0.25) is 0 Å². The Kier molecular flexibility index (Phi) is 1.42. The quantitative estimate of drug-likeness (QED) is 0.589. The van der Waals surface area contributed by atoms with E-state index in [1.807, 2.05) is 0 Å². The molecule has 0 saturated heterocycles. The van der Waals surface area contributed by atoms with E-state index in [4.69, 9.17) is 5.73 Å². The fourth-order valence-corrected chi connectivity index (χ4v) is 1.10. The van der Waals surface area contributed by atoms with E-state index in [0.717, 1.165) is 0 Å². The molecule has 13 heavy (non-hydrogen) atoms. The molecule has 6 nitrogen and oxygen atoms in total. The second kappa shape index (κ2) is 2.44. The highest BCUT2D eigenvalue weighted by Crippen LogP contribution is 2.13. The van der Waals surface area contributed by atoms with E-state index < -0.39 is 5.91 Å². The van der Waals surface area contributed by atoms with Gasteiger partial charge in [0.25, 0.3) is 5.91 Å². The van der Waals surface area contributed by atoms with Gasteiger partial charge in [0.2, 0.25) is 0 Å². The molecule has 2 aromatic heterocycles. The van der Waals surface area contributed by atoms with Crippen LogP contribution in [-0.2, 0) is 0 Å². The van der Waals surface area contributed by atoms with Crippen molar-refractivity contribution in [3.63, 3.8) is 0 Å². The van der Waals surface area contributed by atoms with Crippen LogP contribution in [0.15, 0.2) is 18.3 Å². The number of nitrogens with two attached hydrogens (primary N) is 1. The maximum Gasteiger partial charge on any atom is 0.271 e. The molecule has 0 aliphatic rings. The molecule has 0 aliphatic heterocycles. The van der Waals surface area contributed by atoms with Crippen LogP contribution in [0, 0.1) is 0 Å². The SMILES string of the molecule is NC(=O)c1nn(O)c2cccnc12. The van der Waals surface area contributed by atoms with Crippen molar-refractivity contribution in [3.05, 3.63) is 24.0 Å². The number of carbonyl (C=O) groups is 1. The van der Waals surface area contributed by atoms with Crippen molar-refractivity contribution in [2.24, 2.45) is 5.73 Å². The lowest BCUT2D eigenvalue weighted by atomic mass is 10.3. The minimum Gasteiger partial charge on any atom is -0.411 e. The van der Waals surface area contributed by atoms with Gasteiger partial charge in [0.15, 0.2) is 5.69 Å². The third-order valence-electron chi connectivity index (χ3n) is 1.65. The number of nitrogens with zero attached hydrogens (tertiary/aromatic N) is 3. The lowest BCUT2D eigenvalue weighted by molar-refractivity contribution is 0.0984. The fourth-order valence-electron chi connectivity index (χ4n) is 1.10. The van der Waals surface area contributed by atoms with Gasteiger partial charge in [-0.2, -0.15) is 0 Å². The van der Waals surface area contributed by atoms with Crippen LogP contribution >= 0.6 is 0 Å². The highest BCUT2D eigenvalue weighted by atomic mass is 16.5. The van der Waals surface area contributed by atoms with Gasteiger partial charge in [-0.15, -0.1) is 5.10 Å². The molecule has 0 aromatic carbocycles. The van der Waals surface area contributed by atoms with Gasteiger partial charge >= 0.3 is 0 Å². The van der Waals surface area contributed by atoms with E-state index in [2.05, 4.69) is 10.1 Å². The first-order valence-corrected chi connectivity index (χ1v) is 3.53. The lowest BCUT2D eigenvalue weighted by Gasteiger charge is -1.88. The zero-order valence-corrected chi connectivity index (χ0v) is 6.51. The third kappa shape index (κ3) is 0.994. The van der Waals surface area contributed by atoms with Gasteiger partial charge in [0.1, 0.15) is 11.0 Å². The maximum atomic E-state index is 10.8. The van der Waals surface area contributed by atoms with E-state index in [-0.39, 0.29) is 5.69 Å². The first-order chi connectivity index (χ1) is 6.20. The molecule has 0 radical (unpaired) electrons. The highest BCUT2D eigenvalue weighted by Gasteiger charge is 2.14. The Morgan fingerprint density at radius 3 is 3.08 bits per heavy atom. The van der Waals surface area contributed by atoms with Crippen molar-refractivity contribution in [2.75, 3.05) is 0 Å². The van der Waals surface area contributed by atoms with Gasteiger partial charge in [0.05, 0.1) is 0 Å². The first-order valence-electron chi connectivity index (χ1n) is 3.53. The number of carbonyl (C=O) groups excluding carboxylic acids is 1. The Balaban J connectivity index is 2.85. The van der Waals surface area contributed by atoms with Crippen LogP contribution in [0.3, 0.4) is 0 Å². The van der Waals surface area contributed by atoms with E-state index in [0.29, 0.717) is 15.9 Å². The molecule has 3 N–H and O–H groups in total. The summed E-state index contributed by atoms with van der Waals surface area (Å²) in [4.78, 5) is 15.3. The molecule has 6 heteroatoms. The molecule has 2 aromatic rings. The third-order valence-corrected chi connectivity index (χ3v) is 1.65. The van der Waals surface area contributed by atoms with E-state index >= 15 is 0 Å². The molecule has 0 unspecified atom stereocenters. The second-order valence-corrected chi connectivity index (χ2v) is 2.47. The molecule has 0 spiro atoms. The summed E-state index contributed by atoms with van der Waals surface area (Å²) in [5.74, 6) is -0.712. The van der Waals surface area contributed by atoms with Crippen molar-refractivity contribution >= 4 is 16.9 Å². The number of hydrogen-bond acceptors (Lipinski definition) is 4. The molecule has 0 bridgehead atoms. The Morgan fingerprint density at radius 1 is 1.62 bits per heavy atom. The zero-order valence-electron chi connectivity index (χ0n) is 6.51. The number of amides is 1. The van der Waals surface area contributed by atoms with Gasteiger partial charge in [-0.1, -0.05) is 4.85 Å². The first kappa shape index (κ1) is 7.53. The van der Waals surface area contributed by atoms with Gasteiger partial charge in [-0.25, -0.2) is 0 Å². The summed E-state index contributed by atoms with van der Waals surface area (Å²) in [6.07, 6.45) is 1.50. The van der Waals surface area contributed by atoms with Crippen molar-refractivity contribution < 1.29 is 10.0 Å². The second-order valence-electron chi connectivity index (χ2n) is 2.47. The average molecular weight is 178 g/mol. The summed E-state index contributed by atoms with van der Waals surface area (Å²) in [7, 11) is 0. The monoisotopic (exact) mass is 178 g/mol. The normalized spacial score (nSPS) is 10.5. The minimum atomic E-state index is -0.712. The number of rotatable bonds is 1. The molecular formula is C7H6N4O2. The van der Waals surface area contributed by atoms with Crippen molar-refractivity contribution in [2.45, 2.75) is 0 Å². The molecule has 0 fully saturated rings. The van der Waals surface area contributed by atoms with Gasteiger partial charge < -0.3 is 10.9 Å². The van der Waals surface area contributed by atoms with Crippen molar-refractivity contribution in [1.82, 2.24) is 14.9 Å². The fraction of sp³-hybridized carbons (Fsp3) is 0. The standard InChI is InChI=1S/C7H6N4O2/c8-7(12)6-5-4(11(13)10-6)2-1-3-9-5/h1-3,13H,(H2,8,12). The van der Waals surface area contributed by atoms with Crippen LogP contribution in [-0.4, -0.2) is 26.0 Å². The van der Waals surface area contributed by atoms with Crippen molar-refractivity contribution in [1.29, 1.82) is 0 Å². The van der Waals surface area contributed by atoms with Gasteiger partial charge in [0, 0.05) is 6.20 Å². The van der Waals surface area contributed by atoms with Crippen LogP contribution in [0.5, 0.6) is 0 Å². The number of aromatic nitrogens is 3. The molecule has 0 aliphatic carbocycles. The molecule has 2 heterocycles. The van der Waals surface area contributed by atoms with Gasteiger partial charge in [-0.05, 0) is 12.1 Å². The number of fused-ring (bicyclic) bond motifs is 1. The Hall–Kier alpha value is -2.11. The van der Waals surface area contributed by atoms with E-state index in [9.17, 15) is 10.0 Å². The van der Waals surface area contributed by atoms with E-state index in [1.54, 1.807) is 12.1 Å². The van der Waals surface area contributed by atoms with Crippen LogP contribution < -0.4 is 5.73 Å². The molecule has 0 atom stereocenters. The molecule has 0 saturated carbocycles. The predicted molar refractivity (Wildman–Crippen MR) is 43.2 cm³/mol. The summed E-state index contributed by atoms with van der Waals surface area (Å²) >= 11 is 0. The highest BCUT2D eigenvalue weighted by molar-refractivity contribution is 6.02. The molecule has 2 rings (SSSR count). The van der Waals surface area contributed by atoms with Gasteiger partial charge in [-0.3, -0.25) is 9.78 Å². The van der Waals surface area contributed by atoms with Crippen LogP contribution in [0.25, 0.3) is 11.0 Å². The van der Waals surface area contributed by atoms with Crippen LogP contribution in [0.4, 0.5) is 0 Å². The average Bonchev–Trinajstić information content (AvgIpc) is 2.45. The predicted octanol–water partition coefficient (Wildman–Crippen LogP) is -0.233. The lowest BCUT2D eigenvalue weighted by Crippen LogP contribution is -2.12. The summed E-state index contributed by atoms with van der Waals surface area (Å²) in [6, 6.07) is 3.21. The topological polar surface area (TPSA) is 94.0 Å². The zero-order chi connectivity index (χ0) is 9.42. The Labute approximate surface area is 72.6 Å². The maximum absolute atomic E-state index is 10.8. The molecular weight excluding hydrogens is 172 g/mol. The summed E-state index contributed by atoms with van der Waals surface area (Å²) in [5, 5.41) is 12.7.